The molecule has 3 nitrogen and oxygen atoms in total. The van der Waals surface area contributed by atoms with Gasteiger partial charge in [0.05, 0.1) is 19.2 Å². The molecule has 0 spiro atoms. The number of hydrogen-bond donors (Lipinski definition) is 1. The fourth-order valence-corrected chi connectivity index (χ4v) is 2.34. The lowest BCUT2D eigenvalue weighted by Crippen LogP contribution is -2.00. The number of rotatable bonds is 5. The number of benzene rings is 2. The zero-order chi connectivity index (χ0) is 14.5. The average molecular weight is 357 g/mol. The smallest absolute Gasteiger partial charge is 0.162 e. The summed E-state index contributed by atoms with van der Waals surface area (Å²) in [5, 5.41) is 4.04. The Morgan fingerprint density at radius 2 is 1.80 bits per heavy atom. The lowest BCUT2D eigenvalue weighted by Gasteiger charge is -2.11. The molecule has 0 aliphatic heterocycles. The molecule has 20 heavy (non-hydrogen) atoms. The predicted octanol–water partition coefficient (Wildman–Crippen LogP) is 4.73. The Kier molecular flexibility index (Phi) is 5.15. The Labute approximate surface area is 132 Å². The minimum atomic E-state index is 0.700. The fourth-order valence-electron chi connectivity index (χ4n) is 1.80. The van der Waals surface area contributed by atoms with Crippen LogP contribution in [0.15, 0.2) is 40.9 Å². The van der Waals surface area contributed by atoms with Gasteiger partial charge in [0, 0.05) is 22.8 Å². The maximum Gasteiger partial charge on any atom is 0.162 e. The van der Waals surface area contributed by atoms with Crippen LogP contribution in [0.1, 0.15) is 5.56 Å². The van der Waals surface area contributed by atoms with Gasteiger partial charge in [0.2, 0.25) is 0 Å². The minimum Gasteiger partial charge on any atom is -0.493 e. The van der Waals surface area contributed by atoms with Gasteiger partial charge in [0.15, 0.2) is 11.5 Å². The molecular formula is C15H15BrClNO2. The second-order valence-corrected chi connectivity index (χ2v) is 5.43. The Hall–Kier alpha value is -1.39. The molecule has 0 fully saturated rings. The highest BCUT2D eigenvalue weighted by Crippen LogP contribution is 2.30. The van der Waals surface area contributed by atoms with Crippen LogP contribution in [-0.4, -0.2) is 14.2 Å². The summed E-state index contributed by atoms with van der Waals surface area (Å²) in [6.45, 7) is 0.700. The van der Waals surface area contributed by atoms with Crippen molar-refractivity contribution in [2.75, 3.05) is 19.5 Å². The number of halogens is 2. The molecule has 0 saturated heterocycles. The topological polar surface area (TPSA) is 30.5 Å². The molecular weight excluding hydrogens is 342 g/mol. The summed E-state index contributed by atoms with van der Waals surface area (Å²) in [5.74, 6) is 1.42. The number of nitrogens with one attached hydrogen (secondary N) is 1. The van der Waals surface area contributed by atoms with Crippen LogP contribution in [0.5, 0.6) is 11.5 Å². The van der Waals surface area contributed by atoms with E-state index in [0.29, 0.717) is 23.1 Å². The van der Waals surface area contributed by atoms with Crippen LogP contribution in [0.4, 0.5) is 5.69 Å². The van der Waals surface area contributed by atoms with E-state index in [2.05, 4.69) is 21.2 Å². The maximum absolute atomic E-state index is 5.97. The monoisotopic (exact) mass is 355 g/mol. The number of methoxy groups -OCH3 is 2. The van der Waals surface area contributed by atoms with Crippen molar-refractivity contribution >= 4 is 33.2 Å². The zero-order valence-corrected chi connectivity index (χ0v) is 13.6. The van der Waals surface area contributed by atoms with Crippen LogP contribution in [0.3, 0.4) is 0 Å². The lowest BCUT2D eigenvalue weighted by atomic mass is 10.2. The second kappa shape index (κ2) is 6.86. The van der Waals surface area contributed by atoms with Crippen LogP contribution in [0.25, 0.3) is 0 Å². The molecule has 0 radical (unpaired) electrons. The summed E-state index contributed by atoms with van der Waals surface area (Å²) in [5.41, 5.74) is 2.10. The van der Waals surface area contributed by atoms with Crippen LogP contribution in [0.2, 0.25) is 5.02 Å². The first kappa shape index (κ1) is 15.0. The summed E-state index contributed by atoms with van der Waals surface area (Å²) in [7, 11) is 3.24. The maximum atomic E-state index is 5.97. The molecule has 0 aliphatic carbocycles. The third-order valence-corrected chi connectivity index (χ3v) is 4.08. The highest BCUT2D eigenvalue weighted by molar-refractivity contribution is 9.10. The van der Waals surface area contributed by atoms with E-state index in [0.717, 1.165) is 15.7 Å². The van der Waals surface area contributed by atoms with Gasteiger partial charge >= 0.3 is 0 Å². The summed E-state index contributed by atoms with van der Waals surface area (Å²) in [4.78, 5) is 0. The summed E-state index contributed by atoms with van der Waals surface area (Å²) < 4.78 is 11.4. The number of hydrogen-bond acceptors (Lipinski definition) is 3. The van der Waals surface area contributed by atoms with Crippen LogP contribution < -0.4 is 14.8 Å². The van der Waals surface area contributed by atoms with Crippen molar-refractivity contribution in [2.45, 2.75) is 6.54 Å². The van der Waals surface area contributed by atoms with Gasteiger partial charge in [-0.25, -0.2) is 0 Å². The molecule has 0 atom stereocenters. The Morgan fingerprint density at radius 3 is 2.45 bits per heavy atom. The first-order chi connectivity index (χ1) is 9.63. The van der Waals surface area contributed by atoms with Crippen LogP contribution in [0, 0.1) is 0 Å². The minimum absolute atomic E-state index is 0.700. The van der Waals surface area contributed by atoms with Gasteiger partial charge in [0.1, 0.15) is 0 Å². The van der Waals surface area contributed by atoms with Gasteiger partial charge in [-0.05, 0) is 45.8 Å². The molecule has 0 heterocycles. The lowest BCUT2D eigenvalue weighted by molar-refractivity contribution is 0.355. The first-order valence-corrected chi connectivity index (χ1v) is 7.21. The molecule has 0 aromatic heterocycles. The van der Waals surface area contributed by atoms with E-state index in [1.54, 1.807) is 14.2 Å². The van der Waals surface area contributed by atoms with Crippen molar-refractivity contribution in [3.05, 3.63) is 51.5 Å². The molecule has 0 bridgehead atoms. The van der Waals surface area contributed by atoms with Crippen molar-refractivity contribution in [3.8, 4) is 11.5 Å². The van der Waals surface area contributed by atoms with E-state index < -0.39 is 0 Å². The third-order valence-electron chi connectivity index (χ3n) is 2.86. The molecule has 106 valence electrons. The summed E-state index contributed by atoms with van der Waals surface area (Å²) in [6.07, 6.45) is 0. The fraction of sp³-hybridized carbons (Fsp3) is 0.200. The molecule has 5 heteroatoms. The Bertz CT molecular complexity index is 604. The van der Waals surface area contributed by atoms with Crippen molar-refractivity contribution in [3.63, 3.8) is 0 Å². The van der Waals surface area contributed by atoms with Gasteiger partial charge in [-0.1, -0.05) is 17.7 Å². The number of ether oxygens (including phenoxy) is 2. The van der Waals surface area contributed by atoms with E-state index >= 15 is 0 Å². The predicted molar refractivity (Wildman–Crippen MR) is 86.0 cm³/mol. The van der Waals surface area contributed by atoms with E-state index in [4.69, 9.17) is 21.1 Å². The van der Waals surface area contributed by atoms with E-state index in [-0.39, 0.29) is 0 Å². The highest BCUT2D eigenvalue weighted by atomic mass is 79.9. The molecule has 2 aromatic carbocycles. The normalized spacial score (nSPS) is 10.2. The zero-order valence-electron chi connectivity index (χ0n) is 11.2. The van der Waals surface area contributed by atoms with Gasteiger partial charge in [0.25, 0.3) is 0 Å². The molecule has 0 aliphatic rings. The van der Waals surface area contributed by atoms with Gasteiger partial charge in [-0.3, -0.25) is 0 Å². The first-order valence-electron chi connectivity index (χ1n) is 6.04. The molecule has 0 unspecified atom stereocenters. The third kappa shape index (κ3) is 3.58. The van der Waals surface area contributed by atoms with Gasteiger partial charge in [-0.2, -0.15) is 0 Å². The second-order valence-electron chi connectivity index (χ2n) is 4.17. The molecule has 2 aromatic rings. The van der Waals surface area contributed by atoms with E-state index in [9.17, 15) is 0 Å². The molecule has 0 saturated carbocycles. The van der Waals surface area contributed by atoms with Crippen LogP contribution >= 0.6 is 27.5 Å². The van der Waals surface area contributed by atoms with Crippen LogP contribution in [-0.2, 0) is 6.54 Å². The average Bonchev–Trinajstić information content (AvgIpc) is 2.48. The quantitative estimate of drug-likeness (QED) is 0.840. The van der Waals surface area contributed by atoms with Crippen molar-refractivity contribution in [1.82, 2.24) is 0 Å². The molecule has 0 amide bonds. The molecule has 1 N–H and O–H groups in total. The Balaban J connectivity index is 2.08. The highest BCUT2D eigenvalue weighted by Gasteiger charge is 2.05. The van der Waals surface area contributed by atoms with E-state index in [1.165, 1.54) is 0 Å². The molecule has 2 rings (SSSR count). The van der Waals surface area contributed by atoms with Crippen molar-refractivity contribution < 1.29 is 9.47 Å². The SMILES string of the molecule is COc1ccc(NCc2ccc(Cl)c(Br)c2)cc1OC. The standard InChI is InChI=1S/C15H15BrClNO2/c1-19-14-6-4-11(8-15(14)20-2)18-9-10-3-5-13(17)12(16)7-10/h3-8,18H,9H2,1-2H3. The summed E-state index contributed by atoms with van der Waals surface area (Å²) >= 11 is 9.39. The number of anilines is 1. The van der Waals surface area contributed by atoms with Crippen molar-refractivity contribution in [2.24, 2.45) is 0 Å². The van der Waals surface area contributed by atoms with Gasteiger partial charge in [-0.15, -0.1) is 0 Å². The van der Waals surface area contributed by atoms with Gasteiger partial charge < -0.3 is 14.8 Å². The summed E-state index contributed by atoms with van der Waals surface area (Å²) in [6, 6.07) is 11.6. The van der Waals surface area contributed by atoms with E-state index in [1.807, 2.05) is 36.4 Å². The largest absolute Gasteiger partial charge is 0.493 e. The Morgan fingerprint density at radius 1 is 1.05 bits per heavy atom. The van der Waals surface area contributed by atoms with Crippen molar-refractivity contribution in [1.29, 1.82) is 0 Å².